The number of halogens is 3. The normalized spacial score (nSPS) is 17.3. The van der Waals surface area contributed by atoms with E-state index in [1.54, 1.807) is 0 Å². The van der Waals surface area contributed by atoms with Crippen molar-refractivity contribution in [1.29, 1.82) is 0 Å². The Bertz CT molecular complexity index is 294. The summed E-state index contributed by atoms with van der Waals surface area (Å²) in [7, 11) is 0. The van der Waals surface area contributed by atoms with Crippen molar-refractivity contribution in [2.75, 3.05) is 0 Å². The second-order valence-electron chi connectivity index (χ2n) is 2.87. The quantitative estimate of drug-likeness (QED) is 0.763. The van der Waals surface area contributed by atoms with Gasteiger partial charge in [0.05, 0.1) is 15.5 Å². The molecule has 0 spiro atoms. The molecule has 0 N–H and O–H groups in total. The third-order valence-electron chi connectivity index (χ3n) is 1.94. The first-order chi connectivity index (χ1) is 5.70. The van der Waals surface area contributed by atoms with Crippen LogP contribution in [0.15, 0.2) is 6.20 Å². The van der Waals surface area contributed by atoms with Gasteiger partial charge in [0, 0.05) is 5.92 Å². The lowest BCUT2D eigenvalue weighted by atomic mass is 10.3. The summed E-state index contributed by atoms with van der Waals surface area (Å²) in [5, 5.41) is 3.64. The Morgan fingerprint density at radius 3 is 2.75 bits per heavy atom. The number of hydrogen-bond donors (Lipinski definition) is 0. The zero-order valence-electron chi connectivity index (χ0n) is 6.17. The van der Waals surface area contributed by atoms with E-state index in [1.807, 2.05) is 0 Å². The minimum atomic E-state index is -2.50. The summed E-state index contributed by atoms with van der Waals surface area (Å²) in [5.41, 5.74) is 0.714. The van der Waals surface area contributed by atoms with E-state index in [0.29, 0.717) is 11.6 Å². The number of hydrogen-bond acceptors (Lipinski definition) is 1. The van der Waals surface area contributed by atoms with Crippen molar-refractivity contribution in [2.24, 2.45) is 0 Å². The fourth-order valence-electron chi connectivity index (χ4n) is 1.25. The Balaban J connectivity index is 2.39. The predicted octanol–water partition coefficient (Wildman–Crippen LogP) is 2.76. The van der Waals surface area contributed by atoms with Gasteiger partial charge in [-0.3, -0.25) is 0 Å². The molecule has 1 saturated carbocycles. The van der Waals surface area contributed by atoms with Crippen LogP contribution in [0.2, 0.25) is 0 Å². The Labute approximate surface area is 82.1 Å². The van der Waals surface area contributed by atoms with Crippen molar-refractivity contribution >= 4 is 22.6 Å². The average Bonchev–Trinajstić information content (AvgIpc) is 2.75. The first-order valence-corrected chi connectivity index (χ1v) is 4.79. The summed E-state index contributed by atoms with van der Waals surface area (Å²) in [6, 6.07) is 0. The molecular formula is C7H7F2IN2. The van der Waals surface area contributed by atoms with Crippen LogP contribution < -0.4 is 0 Å². The Morgan fingerprint density at radius 2 is 2.25 bits per heavy atom. The predicted molar refractivity (Wildman–Crippen MR) is 48.2 cm³/mol. The summed E-state index contributed by atoms with van der Waals surface area (Å²) in [6.07, 6.45) is 3.54. The van der Waals surface area contributed by atoms with Gasteiger partial charge in [-0.25, -0.2) is 4.68 Å². The van der Waals surface area contributed by atoms with E-state index in [2.05, 4.69) is 27.7 Å². The Morgan fingerprint density at radius 1 is 1.58 bits per heavy atom. The maximum absolute atomic E-state index is 12.3. The van der Waals surface area contributed by atoms with Crippen molar-refractivity contribution in [2.45, 2.75) is 25.3 Å². The zero-order chi connectivity index (χ0) is 8.72. The highest BCUT2D eigenvalue weighted by Crippen LogP contribution is 2.42. The molecule has 0 bridgehead atoms. The summed E-state index contributed by atoms with van der Waals surface area (Å²) in [6.45, 7) is -2.50. The highest BCUT2D eigenvalue weighted by molar-refractivity contribution is 14.1. The second-order valence-corrected chi connectivity index (χ2v) is 4.04. The number of rotatable bonds is 2. The number of aromatic nitrogens is 2. The van der Waals surface area contributed by atoms with E-state index >= 15 is 0 Å². The van der Waals surface area contributed by atoms with Gasteiger partial charge in [0.25, 0.3) is 0 Å². The van der Waals surface area contributed by atoms with E-state index in [0.717, 1.165) is 21.1 Å². The minimum Gasteiger partial charge on any atom is -0.207 e. The minimum absolute atomic E-state index is 0.327. The molecule has 2 nitrogen and oxygen atoms in total. The fourth-order valence-corrected chi connectivity index (χ4v) is 2.06. The van der Waals surface area contributed by atoms with Crippen LogP contribution in [0.4, 0.5) is 8.78 Å². The second kappa shape index (κ2) is 2.93. The number of alkyl halides is 2. The molecular weight excluding hydrogens is 277 g/mol. The van der Waals surface area contributed by atoms with E-state index < -0.39 is 6.55 Å². The van der Waals surface area contributed by atoms with Crippen molar-refractivity contribution in [3.8, 4) is 0 Å². The molecule has 0 atom stereocenters. The van der Waals surface area contributed by atoms with Crippen LogP contribution >= 0.6 is 22.6 Å². The van der Waals surface area contributed by atoms with Crippen LogP contribution in [0.25, 0.3) is 0 Å². The molecule has 1 aromatic heterocycles. The fraction of sp³-hybridized carbons (Fsp3) is 0.571. The van der Waals surface area contributed by atoms with Crippen molar-refractivity contribution < 1.29 is 8.78 Å². The molecule has 1 heterocycles. The van der Waals surface area contributed by atoms with E-state index in [9.17, 15) is 8.78 Å². The smallest absolute Gasteiger partial charge is 0.207 e. The lowest BCUT2D eigenvalue weighted by Gasteiger charge is -2.04. The Kier molecular flexibility index (Phi) is 2.05. The molecule has 2 rings (SSSR count). The first kappa shape index (κ1) is 8.40. The standard InChI is InChI=1S/C7H7F2IN2/c8-7(9)12-6(4-1-2-4)5(10)3-11-12/h3-4,7H,1-2H2. The molecule has 5 heteroatoms. The van der Waals surface area contributed by atoms with E-state index in [-0.39, 0.29) is 0 Å². The average molecular weight is 284 g/mol. The van der Waals surface area contributed by atoms with Crippen LogP contribution in [-0.4, -0.2) is 9.78 Å². The van der Waals surface area contributed by atoms with E-state index in [4.69, 9.17) is 0 Å². The molecule has 12 heavy (non-hydrogen) atoms. The lowest BCUT2D eigenvalue weighted by Crippen LogP contribution is -2.04. The van der Waals surface area contributed by atoms with Crippen molar-refractivity contribution in [3.63, 3.8) is 0 Å². The van der Waals surface area contributed by atoms with Gasteiger partial charge in [0.15, 0.2) is 0 Å². The maximum Gasteiger partial charge on any atom is 0.333 e. The van der Waals surface area contributed by atoms with Crippen molar-refractivity contribution in [1.82, 2.24) is 9.78 Å². The number of nitrogens with zero attached hydrogens (tertiary/aromatic N) is 2. The van der Waals surface area contributed by atoms with Gasteiger partial charge in [0.1, 0.15) is 0 Å². The molecule has 0 aromatic carbocycles. The summed E-state index contributed by atoms with van der Waals surface area (Å²) in [5.74, 6) is 0.327. The molecule has 1 aromatic rings. The lowest BCUT2D eigenvalue weighted by molar-refractivity contribution is 0.0533. The summed E-state index contributed by atoms with van der Waals surface area (Å²) < 4.78 is 26.3. The monoisotopic (exact) mass is 284 g/mol. The topological polar surface area (TPSA) is 17.8 Å². The summed E-state index contributed by atoms with van der Waals surface area (Å²) >= 11 is 2.05. The van der Waals surface area contributed by atoms with Gasteiger partial charge in [0.2, 0.25) is 0 Å². The third kappa shape index (κ3) is 1.34. The van der Waals surface area contributed by atoms with Crippen LogP contribution in [-0.2, 0) is 0 Å². The molecule has 66 valence electrons. The van der Waals surface area contributed by atoms with E-state index in [1.165, 1.54) is 6.20 Å². The SMILES string of the molecule is FC(F)n1ncc(I)c1C1CC1. The van der Waals surface area contributed by atoms with Crippen LogP contribution in [0.1, 0.15) is 31.0 Å². The molecule has 1 fully saturated rings. The van der Waals surface area contributed by atoms with Gasteiger partial charge in [-0.2, -0.15) is 13.9 Å². The van der Waals surface area contributed by atoms with Gasteiger partial charge >= 0.3 is 6.55 Å². The van der Waals surface area contributed by atoms with Crippen LogP contribution in [0, 0.1) is 3.57 Å². The zero-order valence-corrected chi connectivity index (χ0v) is 8.33. The van der Waals surface area contributed by atoms with Gasteiger partial charge in [-0.15, -0.1) is 0 Å². The maximum atomic E-state index is 12.3. The summed E-state index contributed by atoms with van der Waals surface area (Å²) in [4.78, 5) is 0. The largest absolute Gasteiger partial charge is 0.333 e. The first-order valence-electron chi connectivity index (χ1n) is 3.71. The van der Waals surface area contributed by atoms with Crippen molar-refractivity contribution in [3.05, 3.63) is 15.5 Å². The van der Waals surface area contributed by atoms with Gasteiger partial charge < -0.3 is 0 Å². The molecule has 0 unspecified atom stereocenters. The van der Waals surface area contributed by atoms with Gasteiger partial charge in [-0.05, 0) is 35.4 Å². The Hall–Kier alpha value is -0.200. The highest BCUT2D eigenvalue weighted by Gasteiger charge is 2.31. The highest BCUT2D eigenvalue weighted by atomic mass is 127. The third-order valence-corrected chi connectivity index (χ3v) is 2.77. The molecule has 0 radical (unpaired) electrons. The molecule has 1 aliphatic rings. The van der Waals surface area contributed by atoms with Crippen LogP contribution in [0.5, 0.6) is 0 Å². The molecule has 0 saturated heterocycles. The van der Waals surface area contributed by atoms with Gasteiger partial charge in [-0.1, -0.05) is 0 Å². The molecule has 1 aliphatic carbocycles. The van der Waals surface area contributed by atoms with Crippen LogP contribution in [0.3, 0.4) is 0 Å². The molecule has 0 amide bonds. The molecule has 0 aliphatic heterocycles.